The number of anilines is 1. The standard InChI is InChI=1S/C18H17N5/c1-2-23(13-3-12-19)18-10-8-17(9-11-18)22-21-16-6-4-15(14-20)5-7-16/h4-11H,2-3,13H2,1H3. The van der Waals surface area contributed by atoms with Crippen LogP contribution in [0.4, 0.5) is 17.1 Å². The topological polar surface area (TPSA) is 75.5 Å². The second kappa shape index (κ2) is 8.31. The summed E-state index contributed by atoms with van der Waals surface area (Å²) in [5.74, 6) is 0. The van der Waals surface area contributed by atoms with Gasteiger partial charge in [0.05, 0.1) is 35.5 Å². The van der Waals surface area contributed by atoms with Crippen LogP contribution >= 0.6 is 0 Å². The zero-order valence-corrected chi connectivity index (χ0v) is 13.0. The summed E-state index contributed by atoms with van der Waals surface area (Å²) in [6.45, 7) is 3.64. The van der Waals surface area contributed by atoms with Gasteiger partial charge in [-0.05, 0) is 55.5 Å². The van der Waals surface area contributed by atoms with Crippen molar-refractivity contribution in [2.45, 2.75) is 13.3 Å². The molecule has 0 unspecified atom stereocenters. The molecule has 0 radical (unpaired) electrons. The van der Waals surface area contributed by atoms with E-state index in [2.05, 4.69) is 34.2 Å². The highest BCUT2D eigenvalue weighted by atomic mass is 15.1. The Morgan fingerprint density at radius 2 is 1.48 bits per heavy atom. The van der Waals surface area contributed by atoms with Gasteiger partial charge >= 0.3 is 0 Å². The predicted octanol–water partition coefficient (Wildman–Crippen LogP) is 4.71. The molecule has 0 amide bonds. The molecule has 0 bridgehead atoms. The third-order valence-electron chi connectivity index (χ3n) is 3.37. The zero-order valence-electron chi connectivity index (χ0n) is 13.0. The van der Waals surface area contributed by atoms with Crippen molar-refractivity contribution in [2.75, 3.05) is 18.0 Å². The molecule has 0 fully saturated rings. The zero-order chi connectivity index (χ0) is 16.5. The number of hydrogen-bond donors (Lipinski definition) is 0. The fourth-order valence-corrected chi connectivity index (χ4v) is 2.10. The summed E-state index contributed by atoms with van der Waals surface area (Å²) in [5, 5.41) is 25.8. The predicted molar refractivity (Wildman–Crippen MR) is 89.9 cm³/mol. The van der Waals surface area contributed by atoms with Crippen LogP contribution in [0.5, 0.6) is 0 Å². The molecule has 0 aliphatic rings. The number of rotatable bonds is 6. The molecule has 23 heavy (non-hydrogen) atoms. The van der Waals surface area contributed by atoms with Crippen LogP contribution in [0.15, 0.2) is 58.8 Å². The van der Waals surface area contributed by atoms with Crippen molar-refractivity contribution in [3.05, 3.63) is 54.1 Å². The van der Waals surface area contributed by atoms with E-state index in [1.807, 2.05) is 24.3 Å². The quantitative estimate of drug-likeness (QED) is 0.725. The van der Waals surface area contributed by atoms with Gasteiger partial charge in [-0.25, -0.2) is 0 Å². The summed E-state index contributed by atoms with van der Waals surface area (Å²) in [7, 11) is 0. The highest BCUT2D eigenvalue weighted by Gasteiger charge is 2.03. The summed E-state index contributed by atoms with van der Waals surface area (Å²) in [6, 6.07) is 18.9. The minimum Gasteiger partial charge on any atom is -0.371 e. The molecule has 0 heterocycles. The molecule has 0 saturated heterocycles. The van der Waals surface area contributed by atoms with Crippen molar-refractivity contribution in [2.24, 2.45) is 10.2 Å². The molecule has 5 heteroatoms. The molecule has 0 aromatic heterocycles. The summed E-state index contributed by atoms with van der Waals surface area (Å²) < 4.78 is 0. The summed E-state index contributed by atoms with van der Waals surface area (Å²) in [5.41, 5.74) is 3.14. The van der Waals surface area contributed by atoms with Gasteiger partial charge in [0, 0.05) is 18.8 Å². The van der Waals surface area contributed by atoms with E-state index in [9.17, 15) is 0 Å². The Morgan fingerprint density at radius 1 is 0.913 bits per heavy atom. The van der Waals surface area contributed by atoms with Crippen LogP contribution in [0.2, 0.25) is 0 Å². The SMILES string of the molecule is CCN(CCC#N)c1ccc(N=Nc2ccc(C#N)cc2)cc1. The Hall–Kier alpha value is -3.18. The molecular weight excluding hydrogens is 286 g/mol. The van der Waals surface area contributed by atoms with Gasteiger partial charge in [0.1, 0.15) is 0 Å². The van der Waals surface area contributed by atoms with E-state index in [0.717, 1.165) is 24.5 Å². The van der Waals surface area contributed by atoms with Gasteiger partial charge in [-0.3, -0.25) is 0 Å². The van der Waals surface area contributed by atoms with E-state index in [1.165, 1.54) is 0 Å². The normalized spacial score (nSPS) is 10.2. The van der Waals surface area contributed by atoms with Gasteiger partial charge in [0.2, 0.25) is 0 Å². The summed E-state index contributed by atoms with van der Waals surface area (Å²) in [4.78, 5) is 2.14. The Kier molecular flexibility index (Phi) is 5.85. The average Bonchev–Trinajstić information content (AvgIpc) is 2.62. The maximum absolute atomic E-state index is 8.76. The summed E-state index contributed by atoms with van der Waals surface area (Å²) >= 11 is 0. The minimum atomic E-state index is 0.508. The molecule has 0 spiro atoms. The first-order valence-corrected chi connectivity index (χ1v) is 7.40. The van der Waals surface area contributed by atoms with Crippen molar-refractivity contribution in [1.29, 1.82) is 10.5 Å². The number of azo groups is 1. The van der Waals surface area contributed by atoms with Crippen LogP contribution in [0.3, 0.4) is 0 Å². The monoisotopic (exact) mass is 303 g/mol. The first kappa shape index (κ1) is 16.2. The fraction of sp³-hybridized carbons (Fsp3) is 0.222. The van der Waals surface area contributed by atoms with Gasteiger partial charge in [-0.2, -0.15) is 20.8 Å². The van der Waals surface area contributed by atoms with Crippen LogP contribution in [-0.4, -0.2) is 13.1 Å². The Bertz CT molecular complexity index is 733. The van der Waals surface area contributed by atoms with Crippen molar-refractivity contribution in [3.63, 3.8) is 0 Å². The van der Waals surface area contributed by atoms with Gasteiger partial charge in [0.25, 0.3) is 0 Å². The third kappa shape index (κ3) is 4.66. The van der Waals surface area contributed by atoms with Crippen LogP contribution in [-0.2, 0) is 0 Å². The number of benzene rings is 2. The van der Waals surface area contributed by atoms with E-state index >= 15 is 0 Å². The second-order valence-corrected chi connectivity index (χ2v) is 4.86. The largest absolute Gasteiger partial charge is 0.371 e. The fourth-order valence-electron chi connectivity index (χ4n) is 2.10. The van der Waals surface area contributed by atoms with E-state index in [0.29, 0.717) is 17.7 Å². The molecule has 2 aromatic rings. The molecule has 2 rings (SSSR count). The first-order chi connectivity index (χ1) is 11.3. The van der Waals surface area contributed by atoms with Gasteiger partial charge < -0.3 is 4.90 Å². The second-order valence-electron chi connectivity index (χ2n) is 4.86. The van der Waals surface area contributed by atoms with E-state index in [1.54, 1.807) is 24.3 Å². The molecule has 5 nitrogen and oxygen atoms in total. The maximum atomic E-state index is 8.76. The summed E-state index contributed by atoms with van der Waals surface area (Å²) in [6.07, 6.45) is 0.508. The average molecular weight is 303 g/mol. The molecule has 0 saturated carbocycles. The van der Waals surface area contributed by atoms with Crippen LogP contribution in [0.1, 0.15) is 18.9 Å². The highest BCUT2D eigenvalue weighted by molar-refractivity contribution is 5.53. The first-order valence-electron chi connectivity index (χ1n) is 7.40. The molecule has 0 aliphatic heterocycles. The smallest absolute Gasteiger partial charge is 0.0991 e. The lowest BCUT2D eigenvalue weighted by Crippen LogP contribution is -2.23. The maximum Gasteiger partial charge on any atom is 0.0991 e. The highest BCUT2D eigenvalue weighted by Crippen LogP contribution is 2.22. The van der Waals surface area contributed by atoms with Crippen molar-refractivity contribution >= 4 is 17.1 Å². The molecular formula is C18H17N5. The lowest BCUT2D eigenvalue weighted by molar-refractivity contribution is 0.827. The van der Waals surface area contributed by atoms with Gasteiger partial charge in [-0.15, -0.1) is 0 Å². The van der Waals surface area contributed by atoms with Crippen molar-refractivity contribution < 1.29 is 0 Å². The molecule has 0 aliphatic carbocycles. The lowest BCUT2D eigenvalue weighted by Gasteiger charge is -2.21. The number of nitriles is 2. The van der Waals surface area contributed by atoms with Gasteiger partial charge in [0.15, 0.2) is 0 Å². The Balaban J connectivity index is 2.05. The van der Waals surface area contributed by atoms with Gasteiger partial charge in [-0.1, -0.05) is 0 Å². The molecule has 0 N–H and O–H groups in total. The van der Waals surface area contributed by atoms with Crippen LogP contribution < -0.4 is 4.90 Å². The molecule has 0 atom stereocenters. The minimum absolute atomic E-state index is 0.508. The van der Waals surface area contributed by atoms with E-state index in [4.69, 9.17) is 10.5 Å². The molecule has 114 valence electrons. The van der Waals surface area contributed by atoms with Crippen LogP contribution in [0.25, 0.3) is 0 Å². The van der Waals surface area contributed by atoms with E-state index in [-0.39, 0.29) is 0 Å². The lowest BCUT2D eigenvalue weighted by atomic mass is 10.2. The number of hydrogen-bond acceptors (Lipinski definition) is 5. The van der Waals surface area contributed by atoms with Crippen molar-refractivity contribution in [3.8, 4) is 12.1 Å². The Labute approximate surface area is 136 Å². The Morgan fingerprint density at radius 3 is 1.96 bits per heavy atom. The molecule has 2 aromatic carbocycles. The van der Waals surface area contributed by atoms with Crippen molar-refractivity contribution in [1.82, 2.24) is 0 Å². The third-order valence-corrected chi connectivity index (χ3v) is 3.37. The van der Waals surface area contributed by atoms with E-state index < -0.39 is 0 Å². The van der Waals surface area contributed by atoms with Crippen LogP contribution in [0, 0.1) is 22.7 Å². The number of nitrogens with zero attached hydrogens (tertiary/aromatic N) is 5.